The summed E-state index contributed by atoms with van der Waals surface area (Å²) in [7, 11) is 2.09. The predicted octanol–water partition coefficient (Wildman–Crippen LogP) is 3.72. The van der Waals surface area contributed by atoms with E-state index >= 15 is 0 Å². The lowest BCUT2D eigenvalue weighted by Crippen LogP contribution is -2.40. The Kier molecular flexibility index (Phi) is 6.48. The normalized spacial score (nSPS) is 14.8. The summed E-state index contributed by atoms with van der Waals surface area (Å²) in [5, 5.41) is 9.88. The smallest absolute Gasteiger partial charge is 0.471 e. The zero-order chi connectivity index (χ0) is 23.0. The highest BCUT2D eigenvalue weighted by Gasteiger charge is 2.46. The Balaban J connectivity index is 2.96. The number of benzene rings is 1. The SMILES string of the molecule is CC=C(C)CC(C(=O)O)c1c(OC)c(C)c2c(c1N(C)C(=O)C(F)(F)F)C(=O)OC2. The number of aliphatic carboxylic acids is 1. The van der Waals surface area contributed by atoms with Gasteiger partial charge < -0.3 is 19.5 Å². The minimum absolute atomic E-state index is 0.000164. The number of fused-ring (bicyclic) bond motifs is 1. The fourth-order valence-corrected chi connectivity index (χ4v) is 3.50. The van der Waals surface area contributed by atoms with E-state index in [0.717, 1.165) is 7.05 Å². The lowest BCUT2D eigenvalue weighted by molar-refractivity contribution is -0.170. The molecule has 0 radical (unpaired) electrons. The Morgan fingerprint density at radius 2 is 1.97 bits per heavy atom. The van der Waals surface area contributed by atoms with Gasteiger partial charge in [0, 0.05) is 18.2 Å². The molecule has 1 aliphatic heterocycles. The van der Waals surface area contributed by atoms with Crippen LogP contribution in [0.1, 0.15) is 53.2 Å². The molecule has 2 rings (SSSR count). The number of methoxy groups -OCH3 is 1. The first-order chi connectivity index (χ1) is 13.9. The van der Waals surface area contributed by atoms with Crippen molar-refractivity contribution in [1.29, 1.82) is 0 Å². The molecule has 1 aromatic carbocycles. The van der Waals surface area contributed by atoms with Crippen LogP contribution in [-0.2, 0) is 20.9 Å². The molecule has 0 saturated carbocycles. The van der Waals surface area contributed by atoms with Gasteiger partial charge >= 0.3 is 24.0 Å². The van der Waals surface area contributed by atoms with Crippen LogP contribution in [0.2, 0.25) is 0 Å². The maximum absolute atomic E-state index is 13.2. The zero-order valence-corrected chi connectivity index (χ0v) is 17.1. The molecule has 1 atom stereocenters. The van der Waals surface area contributed by atoms with Gasteiger partial charge in [-0.25, -0.2) is 4.79 Å². The number of carboxylic acids is 1. The van der Waals surface area contributed by atoms with Gasteiger partial charge in [0.05, 0.1) is 24.3 Å². The van der Waals surface area contributed by atoms with Crippen molar-refractivity contribution >= 4 is 23.5 Å². The number of halogens is 3. The van der Waals surface area contributed by atoms with Gasteiger partial charge in [0.2, 0.25) is 0 Å². The summed E-state index contributed by atoms with van der Waals surface area (Å²) in [6.07, 6.45) is -3.63. The van der Waals surface area contributed by atoms with Crippen molar-refractivity contribution in [3.63, 3.8) is 0 Å². The average molecular weight is 429 g/mol. The van der Waals surface area contributed by atoms with Gasteiger partial charge in [0.1, 0.15) is 12.4 Å². The maximum atomic E-state index is 13.2. The van der Waals surface area contributed by atoms with Crippen molar-refractivity contribution in [3.05, 3.63) is 33.9 Å². The second kappa shape index (κ2) is 8.37. The lowest BCUT2D eigenvalue weighted by Gasteiger charge is -2.29. The first kappa shape index (κ1) is 23.2. The van der Waals surface area contributed by atoms with Crippen LogP contribution in [0.25, 0.3) is 0 Å². The average Bonchev–Trinajstić information content (AvgIpc) is 3.05. The minimum atomic E-state index is -5.24. The first-order valence-electron chi connectivity index (χ1n) is 8.96. The number of anilines is 1. The molecule has 1 N–H and O–H groups in total. The number of rotatable bonds is 6. The minimum Gasteiger partial charge on any atom is -0.496 e. The third-order valence-corrected chi connectivity index (χ3v) is 5.14. The summed E-state index contributed by atoms with van der Waals surface area (Å²) in [5.74, 6) is -5.88. The number of ether oxygens (including phenoxy) is 2. The summed E-state index contributed by atoms with van der Waals surface area (Å²) in [6.45, 7) is 4.70. The van der Waals surface area contributed by atoms with E-state index in [1.165, 1.54) is 7.11 Å². The topological polar surface area (TPSA) is 93.1 Å². The van der Waals surface area contributed by atoms with E-state index in [1.54, 1.807) is 26.8 Å². The Morgan fingerprint density at radius 1 is 1.37 bits per heavy atom. The van der Waals surface area contributed by atoms with E-state index in [0.29, 0.717) is 11.1 Å². The fraction of sp³-hybridized carbons (Fsp3) is 0.450. The standard InChI is InChI=1S/C20H22F3NO6/c1-6-9(2)7-11(17(25)26)13-15(24(4)19(28)20(21,22)23)14-12(8-30-18(14)27)10(3)16(13)29-5/h6,11H,7-8H2,1-5H3,(H,25,26). The molecule has 0 fully saturated rings. The van der Waals surface area contributed by atoms with Gasteiger partial charge in [-0.05, 0) is 32.8 Å². The van der Waals surface area contributed by atoms with Gasteiger partial charge in [-0.3, -0.25) is 9.59 Å². The molecule has 164 valence electrons. The number of nitrogens with zero attached hydrogens (tertiary/aromatic N) is 1. The molecule has 30 heavy (non-hydrogen) atoms. The summed E-state index contributed by atoms with van der Waals surface area (Å²) in [5.41, 5.74) is 0.377. The molecule has 7 nitrogen and oxygen atoms in total. The van der Waals surface area contributed by atoms with E-state index in [-0.39, 0.29) is 40.4 Å². The Labute approximate surface area is 171 Å². The molecule has 1 heterocycles. The maximum Gasteiger partial charge on any atom is 0.471 e. The number of carboxylic acid groups (broad SMARTS) is 1. The molecule has 0 saturated heterocycles. The molecule has 0 spiro atoms. The number of carbonyl (C=O) groups excluding carboxylic acids is 2. The van der Waals surface area contributed by atoms with Gasteiger partial charge in [-0.1, -0.05) is 11.6 Å². The number of alkyl halides is 3. The molecule has 1 aromatic rings. The molecule has 0 aromatic heterocycles. The van der Waals surface area contributed by atoms with Crippen LogP contribution in [0.15, 0.2) is 11.6 Å². The number of cyclic esters (lactones) is 1. The highest BCUT2D eigenvalue weighted by atomic mass is 19.4. The summed E-state index contributed by atoms with van der Waals surface area (Å²) in [4.78, 5) is 36.8. The largest absolute Gasteiger partial charge is 0.496 e. The molecule has 1 unspecified atom stereocenters. The van der Waals surface area contributed by atoms with Crippen molar-refractivity contribution in [3.8, 4) is 5.75 Å². The molecule has 0 bridgehead atoms. The summed E-state index contributed by atoms with van der Waals surface area (Å²) in [6, 6.07) is 0. The highest BCUT2D eigenvalue weighted by molar-refractivity contribution is 6.08. The molecule has 1 aliphatic rings. The third-order valence-electron chi connectivity index (χ3n) is 5.14. The Morgan fingerprint density at radius 3 is 2.43 bits per heavy atom. The first-order valence-corrected chi connectivity index (χ1v) is 8.96. The Hall–Kier alpha value is -3.04. The number of carbonyl (C=O) groups is 3. The van der Waals surface area contributed by atoms with Crippen LogP contribution in [-0.4, -0.2) is 43.3 Å². The highest BCUT2D eigenvalue weighted by Crippen LogP contribution is 2.47. The van der Waals surface area contributed by atoms with Crippen LogP contribution < -0.4 is 9.64 Å². The number of esters is 1. The predicted molar refractivity (Wildman–Crippen MR) is 101 cm³/mol. The van der Waals surface area contributed by atoms with E-state index in [4.69, 9.17) is 9.47 Å². The second-order valence-electron chi connectivity index (χ2n) is 6.94. The van der Waals surface area contributed by atoms with Crippen LogP contribution >= 0.6 is 0 Å². The van der Waals surface area contributed by atoms with Crippen molar-refractivity contribution < 1.29 is 42.1 Å². The number of allylic oxidation sites excluding steroid dienone is 2. The van der Waals surface area contributed by atoms with Crippen LogP contribution in [0.4, 0.5) is 18.9 Å². The number of amides is 1. The monoisotopic (exact) mass is 429 g/mol. The van der Waals surface area contributed by atoms with Gasteiger partial charge in [0.25, 0.3) is 0 Å². The van der Waals surface area contributed by atoms with E-state index < -0.39 is 35.6 Å². The van der Waals surface area contributed by atoms with Crippen LogP contribution in [0, 0.1) is 6.92 Å². The molecule has 10 heteroatoms. The van der Waals surface area contributed by atoms with Crippen molar-refractivity contribution in [2.24, 2.45) is 0 Å². The summed E-state index contributed by atoms with van der Waals surface area (Å²) < 4.78 is 49.9. The number of hydrogen-bond donors (Lipinski definition) is 1. The summed E-state index contributed by atoms with van der Waals surface area (Å²) >= 11 is 0. The van der Waals surface area contributed by atoms with E-state index in [2.05, 4.69) is 0 Å². The zero-order valence-electron chi connectivity index (χ0n) is 17.1. The fourth-order valence-electron chi connectivity index (χ4n) is 3.50. The molecular formula is C20H22F3NO6. The van der Waals surface area contributed by atoms with E-state index in [1.807, 2.05) is 0 Å². The number of hydrogen-bond acceptors (Lipinski definition) is 5. The van der Waals surface area contributed by atoms with Crippen molar-refractivity contribution in [1.82, 2.24) is 0 Å². The molecule has 1 amide bonds. The Bertz CT molecular complexity index is 936. The van der Waals surface area contributed by atoms with Crippen molar-refractivity contribution in [2.75, 3.05) is 19.1 Å². The van der Waals surface area contributed by atoms with Crippen LogP contribution in [0.5, 0.6) is 5.75 Å². The van der Waals surface area contributed by atoms with Gasteiger partial charge in [0.15, 0.2) is 0 Å². The van der Waals surface area contributed by atoms with Crippen LogP contribution in [0.3, 0.4) is 0 Å². The molecule has 0 aliphatic carbocycles. The van der Waals surface area contributed by atoms with Gasteiger partial charge in [-0.2, -0.15) is 13.2 Å². The van der Waals surface area contributed by atoms with E-state index in [9.17, 15) is 32.7 Å². The van der Waals surface area contributed by atoms with Gasteiger partial charge in [-0.15, -0.1) is 0 Å². The van der Waals surface area contributed by atoms with Crippen molar-refractivity contribution in [2.45, 2.75) is 45.9 Å². The second-order valence-corrected chi connectivity index (χ2v) is 6.94. The lowest BCUT2D eigenvalue weighted by atomic mass is 9.85. The third kappa shape index (κ3) is 3.99. The quantitative estimate of drug-likeness (QED) is 0.547. The molecular weight excluding hydrogens is 407 g/mol.